The lowest BCUT2D eigenvalue weighted by atomic mass is 10.2. The molecule has 1 aromatic heterocycles. The highest BCUT2D eigenvalue weighted by atomic mass is 19.4. The Bertz CT molecular complexity index is 295. The van der Waals surface area contributed by atoms with Crippen molar-refractivity contribution in [3.05, 3.63) is 23.5 Å². The molecule has 0 bridgehead atoms. The number of rotatable bonds is 0. The Labute approximate surface area is 66.7 Å². The highest BCUT2D eigenvalue weighted by Crippen LogP contribution is 2.30. The van der Waals surface area contributed by atoms with E-state index < -0.39 is 11.9 Å². The van der Waals surface area contributed by atoms with Crippen molar-refractivity contribution in [3.63, 3.8) is 0 Å². The lowest BCUT2D eigenvalue weighted by Gasteiger charge is -2.07. The van der Waals surface area contributed by atoms with Crippen molar-refractivity contribution in [3.8, 4) is 5.75 Å². The summed E-state index contributed by atoms with van der Waals surface area (Å²) in [6, 6.07) is 1.02. The van der Waals surface area contributed by atoms with E-state index >= 15 is 0 Å². The maximum Gasteiger partial charge on any atom is 0.433 e. The van der Waals surface area contributed by atoms with Gasteiger partial charge in [0.05, 0.1) is 6.20 Å². The van der Waals surface area contributed by atoms with Crippen molar-refractivity contribution >= 4 is 0 Å². The van der Waals surface area contributed by atoms with E-state index in [-0.39, 0.29) is 11.3 Å². The van der Waals surface area contributed by atoms with Crippen LogP contribution in [0.1, 0.15) is 11.3 Å². The number of hydrogen-bond donors (Lipinski definition) is 1. The van der Waals surface area contributed by atoms with Gasteiger partial charge in [0.15, 0.2) is 0 Å². The first kappa shape index (κ1) is 8.83. The number of aromatic hydroxyl groups is 1. The molecule has 5 heteroatoms. The van der Waals surface area contributed by atoms with Crippen LogP contribution in [0.25, 0.3) is 0 Å². The van der Waals surface area contributed by atoms with Gasteiger partial charge in [-0.2, -0.15) is 13.2 Å². The van der Waals surface area contributed by atoms with Crippen molar-refractivity contribution < 1.29 is 18.3 Å². The van der Waals surface area contributed by atoms with Gasteiger partial charge in [-0.3, -0.25) is 0 Å². The van der Waals surface area contributed by atoms with Gasteiger partial charge in [0.2, 0.25) is 0 Å². The molecule has 0 amide bonds. The first-order valence-electron chi connectivity index (χ1n) is 3.14. The predicted molar refractivity (Wildman–Crippen MR) is 35.6 cm³/mol. The summed E-state index contributed by atoms with van der Waals surface area (Å²) in [6.07, 6.45) is -3.67. The molecule has 0 saturated heterocycles. The highest BCUT2D eigenvalue weighted by Gasteiger charge is 2.34. The number of aromatic nitrogens is 1. The first-order valence-corrected chi connectivity index (χ1v) is 3.14. The molecule has 1 N–H and O–H groups in total. The summed E-state index contributed by atoms with van der Waals surface area (Å²) in [5.41, 5.74) is -1.04. The largest absolute Gasteiger partial charge is 0.506 e. The van der Waals surface area contributed by atoms with Gasteiger partial charge in [0.25, 0.3) is 0 Å². The second kappa shape index (κ2) is 2.66. The van der Waals surface area contributed by atoms with Crippen molar-refractivity contribution in [1.29, 1.82) is 0 Å². The molecule has 2 nitrogen and oxygen atoms in total. The van der Waals surface area contributed by atoms with Crippen LogP contribution in [0, 0.1) is 6.92 Å². The van der Waals surface area contributed by atoms with Crippen molar-refractivity contribution in [2.24, 2.45) is 0 Å². The third-order valence-corrected chi connectivity index (χ3v) is 1.33. The standard InChI is InChI=1S/C7H6F3NO/c1-4-2-5(12)3-11-6(4)7(8,9)10/h2-3,12H,1H3. The lowest BCUT2D eigenvalue weighted by Crippen LogP contribution is -2.09. The molecule has 0 saturated carbocycles. The van der Waals surface area contributed by atoms with Crippen LogP contribution in [0.3, 0.4) is 0 Å². The number of aryl methyl sites for hydroxylation is 1. The fourth-order valence-electron chi connectivity index (χ4n) is 0.857. The minimum atomic E-state index is -4.45. The summed E-state index contributed by atoms with van der Waals surface area (Å²) in [5.74, 6) is -0.263. The zero-order valence-electron chi connectivity index (χ0n) is 6.18. The summed E-state index contributed by atoms with van der Waals surface area (Å²) in [5, 5.41) is 8.77. The van der Waals surface area contributed by atoms with Crippen LogP contribution in [-0.2, 0) is 6.18 Å². The van der Waals surface area contributed by atoms with Crippen LogP contribution in [0.4, 0.5) is 13.2 Å². The van der Waals surface area contributed by atoms with Crippen LogP contribution in [-0.4, -0.2) is 10.1 Å². The number of alkyl halides is 3. The zero-order chi connectivity index (χ0) is 9.35. The molecule has 0 spiro atoms. The topological polar surface area (TPSA) is 33.1 Å². The number of halogens is 3. The fourth-order valence-corrected chi connectivity index (χ4v) is 0.857. The van der Waals surface area contributed by atoms with Crippen LogP contribution in [0.5, 0.6) is 5.75 Å². The summed E-state index contributed by atoms with van der Waals surface area (Å²) in [6.45, 7) is 1.25. The molecule has 0 atom stereocenters. The van der Waals surface area contributed by atoms with E-state index in [1.54, 1.807) is 0 Å². The van der Waals surface area contributed by atoms with Crippen LogP contribution >= 0.6 is 0 Å². The normalized spacial score (nSPS) is 11.7. The van der Waals surface area contributed by atoms with E-state index in [2.05, 4.69) is 4.98 Å². The SMILES string of the molecule is Cc1cc(O)cnc1C(F)(F)F. The molecule has 0 unspecified atom stereocenters. The first-order chi connectivity index (χ1) is 5.41. The van der Waals surface area contributed by atoms with E-state index in [1.165, 1.54) is 6.92 Å². The van der Waals surface area contributed by atoms with Gasteiger partial charge in [-0.15, -0.1) is 0 Å². The Kier molecular flexibility index (Phi) is 1.95. The fraction of sp³-hybridized carbons (Fsp3) is 0.286. The molecule has 12 heavy (non-hydrogen) atoms. The average Bonchev–Trinajstić information content (AvgIpc) is 1.83. The number of nitrogens with zero attached hydrogens (tertiary/aromatic N) is 1. The minimum absolute atomic E-state index is 0.0810. The van der Waals surface area contributed by atoms with Gasteiger partial charge < -0.3 is 5.11 Å². The highest BCUT2D eigenvalue weighted by molar-refractivity contribution is 5.28. The number of pyridine rings is 1. The monoisotopic (exact) mass is 177 g/mol. The van der Waals surface area contributed by atoms with Gasteiger partial charge in [-0.1, -0.05) is 0 Å². The second-order valence-electron chi connectivity index (χ2n) is 2.36. The van der Waals surface area contributed by atoms with E-state index in [1.807, 2.05) is 0 Å². The Morgan fingerprint density at radius 1 is 1.42 bits per heavy atom. The van der Waals surface area contributed by atoms with E-state index in [0.717, 1.165) is 12.3 Å². The van der Waals surface area contributed by atoms with E-state index in [0.29, 0.717) is 0 Å². The van der Waals surface area contributed by atoms with E-state index in [4.69, 9.17) is 5.11 Å². The summed E-state index contributed by atoms with van der Waals surface area (Å²) < 4.78 is 36.1. The molecule has 1 heterocycles. The maximum atomic E-state index is 12.0. The van der Waals surface area contributed by atoms with Crippen LogP contribution < -0.4 is 0 Å². The number of hydrogen-bond acceptors (Lipinski definition) is 2. The third kappa shape index (κ3) is 1.66. The van der Waals surface area contributed by atoms with Crippen molar-refractivity contribution in [1.82, 2.24) is 4.98 Å². The molecular formula is C7H6F3NO. The van der Waals surface area contributed by atoms with Gasteiger partial charge in [-0.05, 0) is 18.6 Å². The van der Waals surface area contributed by atoms with E-state index in [9.17, 15) is 13.2 Å². The molecule has 1 aromatic rings. The molecule has 1 rings (SSSR count). The van der Waals surface area contributed by atoms with Crippen molar-refractivity contribution in [2.75, 3.05) is 0 Å². The second-order valence-corrected chi connectivity index (χ2v) is 2.36. The van der Waals surface area contributed by atoms with Crippen LogP contribution in [0.15, 0.2) is 12.3 Å². The lowest BCUT2D eigenvalue weighted by molar-refractivity contribution is -0.141. The average molecular weight is 177 g/mol. The summed E-state index contributed by atoms with van der Waals surface area (Å²) >= 11 is 0. The molecule has 0 radical (unpaired) electrons. The molecule has 0 aromatic carbocycles. The summed E-state index contributed by atoms with van der Waals surface area (Å²) in [7, 11) is 0. The minimum Gasteiger partial charge on any atom is -0.506 e. The molecule has 66 valence electrons. The van der Waals surface area contributed by atoms with Gasteiger partial charge in [0, 0.05) is 0 Å². The molecule has 0 fully saturated rings. The predicted octanol–water partition coefficient (Wildman–Crippen LogP) is 2.11. The summed E-state index contributed by atoms with van der Waals surface area (Å²) in [4.78, 5) is 3.07. The Morgan fingerprint density at radius 2 is 2.00 bits per heavy atom. The quantitative estimate of drug-likeness (QED) is 0.658. The van der Waals surface area contributed by atoms with Gasteiger partial charge >= 0.3 is 6.18 Å². The zero-order valence-corrected chi connectivity index (χ0v) is 6.18. The van der Waals surface area contributed by atoms with Gasteiger partial charge in [-0.25, -0.2) is 4.98 Å². The molecule has 0 aliphatic heterocycles. The smallest absolute Gasteiger partial charge is 0.433 e. The Morgan fingerprint density at radius 3 is 2.42 bits per heavy atom. The van der Waals surface area contributed by atoms with Crippen molar-refractivity contribution in [2.45, 2.75) is 13.1 Å². The van der Waals surface area contributed by atoms with Crippen LogP contribution in [0.2, 0.25) is 0 Å². The Balaban J connectivity index is 3.19. The molecular weight excluding hydrogens is 171 g/mol. The molecule has 0 aliphatic rings. The Hall–Kier alpha value is -1.26. The third-order valence-electron chi connectivity index (χ3n) is 1.33. The van der Waals surface area contributed by atoms with Gasteiger partial charge in [0.1, 0.15) is 11.4 Å². The maximum absolute atomic E-state index is 12.0. The molecule has 0 aliphatic carbocycles.